The maximum atomic E-state index is 10.5. The third-order valence-electron chi connectivity index (χ3n) is 1.89. The van der Waals surface area contributed by atoms with Gasteiger partial charge < -0.3 is 10.0 Å². The monoisotopic (exact) mass is 187 g/mol. The van der Waals surface area contributed by atoms with Gasteiger partial charge in [0.05, 0.1) is 0 Å². The number of nitrogens with zero attached hydrogens (tertiary/aromatic N) is 1. The third-order valence-corrected chi connectivity index (χ3v) is 3.14. The first kappa shape index (κ1) is 11.4. The number of carbonyl (C=O) groups is 1. The van der Waals surface area contributed by atoms with Gasteiger partial charge in [0, 0.05) is 22.4 Å². The lowest BCUT2D eigenvalue weighted by Crippen LogP contribution is -2.14. The van der Waals surface area contributed by atoms with Crippen molar-refractivity contribution in [3.8, 4) is 0 Å². The molecule has 0 heterocycles. The first-order valence-corrected chi connectivity index (χ1v) is 4.99. The predicted octanol–water partition coefficient (Wildman–Crippen LogP) is -0.338. The molecule has 3 nitrogen and oxygen atoms in total. The second-order valence-corrected chi connectivity index (χ2v) is 4.47. The van der Waals surface area contributed by atoms with Crippen LogP contribution in [-0.4, -0.2) is 46.9 Å². The summed E-state index contributed by atoms with van der Waals surface area (Å²) in [6, 6.07) is 0. The summed E-state index contributed by atoms with van der Waals surface area (Å²) in [5, 5.41) is 9.76. The number of rotatable bonds is 4. The molecule has 12 heavy (non-hydrogen) atoms. The summed E-state index contributed by atoms with van der Waals surface area (Å²) in [5.41, 5.74) is 0.531. The number of carboxylic acids is 1. The average Bonchev–Trinajstić information content (AvgIpc) is 1.98. The van der Waals surface area contributed by atoms with Gasteiger partial charge in [-0.25, -0.2) is 4.79 Å². The lowest BCUT2D eigenvalue weighted by Gasteiger charge is -2.10. The molecule has 0 aliphatic rings. The normalized spacial score (nSPS) is 13.3. The minimum atomic E-state index is -0.779. The highest BCUT2D eigenvalue weighted by Gasteiger charge is 2.04. The molecule has 0 atom stereocenters. The van der Waals surface area contributed by atoms with Gasteiger partial charge in [0.25, 0.3) is 0 Å². The van der Waals surface area contributed by atoms with Gasteiger partial charge in [0.1, 0.15) is 0 Å². The molecule has 70 valence electrons. The van der Waals surface area contributed by atoms with Crippen molar-refractivity contribution in [1.82, 2.24) is 4.90 Å². The van der Waals surface area contributed by atoms with Crippen LogP contribution in [0.3, 0.4) is 0 Å². The van der Waals surface area contributed by atoms with Crippen LogP contribution in [0.4, 0.5) is 0 Å². The highest BCUT2D eigenvalue weighted by atomic mass is 28.1. The van der Waals surface area contributed by atoms with E-state index in [0.29, 0.717) is 5.57 Å². The zero-order chi connectivity index (χ0) is 9.72. The SMILES string of the molecule is CC(C(=O)O)=C([SiH3])CCN(C)C. The van der Waals surface area contributed by atoms with Gasteiger partial charge in [0.15, 0.2) is 0 Å². The topological polar surface area (TPSA) is 40.5 Å². The van der Waals surface area contributed by atoms with Gasteiger partial charge >= 0.3 is 5.97 Å². The molecule has 0 rings (SSSR count). The Morgan fingerprint density at radius 1 is 1.50 bits per heavy atom. The van der Waals surface area contributed by atoms with Gasteiger partial charge in [-0.1, -0.05) is 5.20 Å². The number of carboxylic acid groups (broad SMARTS) is 1. The van der Waals surface area contributed by atoms with Gasteiger partial charge in [-0.05, 0) is 27.4 Å². The summed E-state index contributed by atoms with van der Waals surface area (Å²) in [6.07, 6.45) is 0.886. The molecule has 0 amide bonds. The summed E-state index contributed by atoms with van der Waals surface area (Å²) in [6.45, 7) is 2.61. The standard InChI is InChI=1S/C8H17NO2Si/c1-6(8(10)11)7(12)4-5-9(2)3/h4-5H2,1-3,12H3,(H,10,11). The van der Waals surface area contributed by atoms with Crippen molar-refractivity contribution in [3.63, 3.8) is 0 Å². The van der Waals surface area contributed by atoms with Crippen molar-refractivity contribution >= 4 is 16.2 Å². The van der Waals surface area contributed by atoms with Crippen molar-refractivity contribution in [3.05, 3.63) is 10.8 Å². The molecule has 4 heteroatoms. The summed E-state index contributed by atoms with van der Waals surface area (Å²) >= 11 is 0. The fourth-order valence-corrected chi connectivity index (χ4v) is 1.20. The second-order valence-electron chi connectivity index (χ2n) is 3.26. The van der Waals surface area contributed by atoms with E-state index >= 15 is 0 Å². The Balaban J connectivity index is 4.09. The predicted molar refractivity (Wildman–Crippen MR) is 53.4 cm³/mol. The zero-order valence-corrected chi connectivity index (χ0v) is 10.2. The van der Waals surface area contributed by atoms with Gasteiger partial charge in [-0.15, -0.1) is 0 Å². The smallest absolute Gasteiger partial charge is 0.330 e. The molecule has 0 bridgehead atoms. The number of hydrogen-bond donors (Lipinski definition) is 1. The Hall–Kier alpha value is -0.613. The van der Waals surface area contributed by atoms with Crippen molar-refractivity contribution in [1.29, 1.82) is 0 Å². The van der Waals surface area contributed by atoms with E-state index in [1.54, 1.807) is 6.92 Å². The quantitative estimate of drug-likeness (QED) is 0.484. The third kappa shape index (κ3) is 4.30. The Bertz CT molecular complexity index is 199. The van der Waals surface area contributed by atoms with Crippen molar-refractivity contribution in [2.45, 2.75) is 13.3 Å². The van der Waals surface area contributed by atoms with Crippen molar-refractivity contribution in [2.24, 2.45) is 0 Å². The van der Waals surface area contributed by atoms with E-state index < -0.39 is 5.97 Å². The molecular weight excluding hydrogens is 170 g/mol. The number of hydrogen-bond acceptors (Lipinski definition) is 2. The largest absolute Gasteiger partial charge is 0.478 e. The molecule has 0 aromatic heterocycles. The van der Waals surface area contributed by atoms with Gasteiger partial charge in [0.2, 0.25) is 0 Å². The van der Waals surface area contributed by atoms with Gasteiger partial charge in [-0.3, -0.25) is 0 Å². The molecule has 0 saturated carbocycles. The lowest BCUT2D eigenvalue weighted by molar-refractivity contribution is -0.132. The van der Waals surface area contributed by atoms with Crippen LogP contribution in [-0.2, 0) is 4.79 Å². The average molecular weight is 187 g/mol. The summed E-state index contributed by atoms with van der Waals surface area (Å²) < 4.78 is 0. The van der Waals surface area contributed by atoms with E-state index in [2.05, 4.69) is 4.90 Å². The van der Waals surface area contributed by atoms with Crippen LogP contribution in [0.15, 0.2) is 10.8 Å². The second kappa shape index (κ2) is 5.11. The summed E-state index contributed by atoms with van der Waals surface area (Å²) in [4.78, 5) is 12.6. The Kier molecular flexibility index (Phi) is 4.85. The highest BCUT2D eigenvalue weighted by Crippen LogP contribution is 2.04. The van der Waals surface area contributed by atoms with Gasteiger partial charge in [-0.2, -0.15) is 0 Å². The molecular formula is C8H17NO2Si. The van der Waals surface area contributed by atoms with E-state index in [0.717, 1.165) is 28.4 Å². The van der Waals surface area contributed by atoms with Crippen molar-refractivity contribution in [2.75, 3.05) is 20.6 Å². The van der Waals surface area contributed by atoms with Crippen LogP contribution >= 0.6 is 0 Å². The molecule has 0 aromatic carbocycles. The van der Waals surface area contributed by atoms with E-state index in [-0.39, 0.29) is 0 Å². The molecule has 0 radical (unpaired) electrons. The maximum Gasteiger partial charge on any atom is 0.330 e. The van der Waals surface area contributed by atoms with Crippen LogP contribution in [0.5, 0.6) is 0 Å². The lowest BCUT2D eigenvalue weighted by atomic mass is 10.2. The maximum absolute atomic E-state index is 10.5. The molecule has 0 saturated heterocycles. The molecule has 0 spiro atoms. The summed E-state index contributed by atoms with van der Waals surface area (Å²) in [5.74, 6) is -0.779. The fraction of sp³-hybridized carbons (Fsp3) is 0.625. The molecule has 0 fully saturated rings. The van der Waals surface area contributed by atoms with Crippen LogP contribution < -0.4 is 0 Å². The fourth-order valence-electron chi connectivity index (χ4n) is 0.761. The van der Waals surface area contributed by atoms with Crippen molar-refractivity contribution < 1.29 is 9.90 Å². The Labute approximate surface area is 76.5 Å². The minimum absolute atomic E-state index is 0.531. The van der Waals surface area contributed by atoms with E-state index in [4.69, 9.17) is 5.11 Å². The zero-order valence-electron chi connectivity index (χ0n) is 8.22. The molecule has 0 aliphatic carbocycles. The van der Waals surface area contributed by atoms with Crippen LogP contribution in [0, 0.1) is 0 Å². The van der Waals surface area contributed by atoms with E-state index in [1.807, 2.05) is 14.1 Å². The van der Waals surface area contributed by atoms with E-state index in [9.17, 15) is 4.79 Å². The Morgan fingerprint density at radius 3 is 2.33 bits per heavy atom. The summed E-state index contributed by atoms with van der Waals surface area (Å²) in [7, 11) is 4.83. The van der Waals surface area contributed by atoms with Crippen LogP contribution in [0.1, 0.15) is 13.3 Å². The van der Waals surface area contributed by atoms with E-state index in [1.165, 1.54) is 0 Å². The first-order valence-electron chi connectivity index (χ1n) is 3.99. The molecule has 0 aliphatic heterocycles. The molecule has 0 unspecified atom stereocenters. The Morgan fingerprint density at radius 2 is 2.00 bits per heavy atom. The first-order chi connectivity index (χ1) is 5.45. The molecule has 0 aromatic rings. The van der Waals surface area contributed by atoms with Crippen LogP contribution in [0.25, 0.3) is 0 Å². The number of aliphatic carboxylic acids is 1. The minimum Gasteiger partial charge on any atom is -0.478 e. The molecule has 1 N–H and O–H groups in total. The van der Waals surface area contributed by atoms with Crippen LogP contribution in [0.2, 0.25) is 0 Å². The highest BCUT2D eigenvalue weighted by molar-refractivity contribution is 6.24.